The first-order valence-corrected chi connectivity index (χ1v) is 13.5. The zero-order valence-corrected chi connectivity index (χ0v) is 23.0. The van der Waals surface area contributed by atoms with Crippen LogP contribution in [0.2, 0.25) is 0 Å². The van der Waals surface area contributed by atoms with Gasteiger partial charge < -0.3 is 29.3 Å². The van der Waals surface area contributed by atoms with Crippen molar-refractivity contribution < 1.29 is 28.2 Å². The van der Waals surface area contributed by atoms with E-state index in [1.165, 1.54) is 10.7 Å². The van der Waals surface area contributed by atoms with E-state index in [0.717, 1.165) is 0 Å². The topological polar surface area (TPSA) is 111 Å². The van der Waals surface area contributed by atoms with Gasteiger partial charge in [-0.1, -0.05) is 31.2 Å². The number of rotatable bonds is 11. The SMILES string of the molecule is COCCOCc1c(C(=O)N(CC(C)C)[C@@H]2CNC[C@H](C(=O)N3CCOCC3)C2)nnn1-c1ccccc1F. The first-order valence-electron chi connectivity index (χ1n) is 13.5. The van der Waals surface area contributed by atoms with Gasteiger partial charge in [-0.25, -0.2) is 9.07 Å². The second-order valence-electron chi connectivity index (χ2n) is 10.3. The number of amides is 2. The maximum Gasteiger partial charge on any atom is 0.276 e. The van der Waals surface area contributed by atoms with Gasteiger partial charge in [0.2, 0.25) is 5.91 Å². The van der Waals surface area contributed by atoms with Crippen molar-refractivity contribution in [3.05, 3.63) is 41.5 Å². The molecule has 2 atom stereocenters. The van der Waals surface area contributed by atoms with Crippen LogP contribution < -0.4 is 5.32 Å². The molecule has 2 aromatic rings. The van der Waals surface area contributed by atoms with Crippen LogP contribution in [0.25, 0.3) is 5.69 Å². The quantitative estimate of drug-likeness (QED) is 0.423. The fraction of sp³-hybridized carbons (Fsp3) is 0.630. The third kappa shape index (κ3) is 7.18. The fourth-order valence-corrected chi connectivity index (χ4v) is 5.04. The number of morpholine rings is 1. The van der Waals surface area contributed by atoms with Crippen LogP contribution in [0.5, 0.6) is 0 Å². The highest BCUT2D eigenvalue weighted by molar-refractivity contribution is 5.93. The van der Waals surface area contributed by atoms with E-state index in [9.17, 15) is 14.0 Å². The molecule has 3 heterocycles. The lowest BCUT2D eigenvalue weighted by Crippen LogP contribution is -2.56. The monoisotopic (exact) mass is 546 g/mol. The molecule has 2 aliphatic heterocycles. The van der Waals surface area contributed by atoms with Gasteiger partial charge in [-0.15, -0.1) is 5.10 Å². The van der Waals surface area contributed by atoms with Crippen molar-refractivity contribution in [3.8, 4) is 5.69 Å². The Balaban J connectivity index is 1.60. The zero-order chi connectivity index (χ0) is 27.8. The molecule has 0 aliphatic carbocycles. The Bertz CT molecular complexity index is 1110. The van der Waals surface area contributed by atoms with Crippen molar-refractivity contribution in [3.63, 3.8) is 0 Å². The molecule has 0 radical (unpaired) electrons. The summed E-state index contributed by atoms with van der Waals surface area (Å²) in [4.78, 5) is 31.0. The van der Waals surface area contributed by atoms with Crippen LogP contribution in [-0.2, 0) is 25.6 Å². The highest BCUT2D eigenvalue weighted by Crippen LogP contribution is 2.24. The maximum atomic E-state index is 14.7. The minimum absolute atomic E-state index is 0.00233. The molecular formula is C27H39FN6O5. The Labute approximate surface area is 228 Å². The lowest BCUT2D eigenvalue weighted by atomic mass is 9.92. The number of aromatic nitrogens is 3. The molecule has 4 rings (SSSR count). The van der Waals surface area contributed by atoms with Crippen LogP contribution in [0.15, 0.2) is 24.3 Å². The molecule has 1 aromatic carbocycles. The molecule has 39 heavy (non-hydrogen) atoms. The summed E-state index contributed by atoms with van der Waals surface area (Å²) in [6, 6.07) is 5.98. The standard InChI is InChI=1S/C27H39FN6O5/c1-19(2)17-33(21-14-20(15-29-16-21)26(35)32-8-10-38-11-9-32)27(36)25-24(18-39-13-12-37-3)34(31-30-25)23-7-5-4-6-22(23)28/h4-7,19-21,29H,8-18H2,1-3H3/t20-,21+/m1/s1. The first kappa shape index (κ1) is 29.1. The smallest absolute Gasteiger partial charge is 0.276 e. The molecule has 2 fully saturated rings. The lowest BCUT2D eigenvalue weighted by molar-refractivity contribution is -0.140. The molecule has 1 N–H and O–H groups in total. The van der Waals surface area contributed by atoms with Gasteiger partial charge in [-0.05, 0) is 24.5 Å². The van der Waals surface area contributed by atoms with Gasteiger partial charge in [0.05, 0.1) is 39.0 Å². The number of hydrogen-bond donors (Lipinski definition) is 1. The van der Waals surface area contributed by atoms with Crippen LogP contribution in [0, 0.1) is 17.7 Å². The number of halogens is 1. The average molecular weight is 547 g/mol. The number of ether oxygens (including phenoxy) is 3. The number of carbonyl (C=O) groups is 2. The lowest BCUT2D eigenvalue weighted by Gasteiger charge is -2.40. The van der Waals surface area contributed by atoms with E-state index in [0.29, 0.717) is 71.3 Å². The number of benzene rings is 1. The maximum absolute atomic E-state index is 14.7. The van der Waals surface area contributed by atoms with Gasteiger partial charge in [0.15, 0.2) is 5.69 Å². The van der Waals surface area contributed by atoms with Gasteiger partial charge in [0.25, 0.3) is 5.91 Å². The Kier molecular flexibility index (Phi) is 10.4. The molecule has 11 nitrogen and oxygen atoms in total. The largest absolute Gasteiger partial charge is 0.382 e. The fourth-order valence-electron chi connectivity index (χ4n) is 5.04. The summed E-state index contributed by atoms with van der Waals surface area (Å²) >= 11 is 0. The summed E-state index contributed by atoms with van der Waals surface area (Å²) in [6.45, 7) is 8.60. The molecule has 0 bridgehead atoms. The number of nitrogens with one attached hydrogen (secondary N) is 1. The molecule has 0 unspecified atom stereocenters. The number of hydrogen-bond acceptors (Lipinski definition) is 8. The zero-order valence-electron chi connectivity index (χ0n) is 23.0. The second kappa shape index (κ2) is 13.9. The Morgan fingerprint density at radius 1 is 1.21 bits per heavy atom. The number of methoxy groups -OCH3 is 1. The molecule has 2 saturated heterocycles. The second-order valence-corrected chi connectivity index (χ2v) is 10.3. The van der Waals surface area contributed by atoms with Crippen LogP contribution in [0.4, 0.5) is 4.39 Å². The number of piperidine rings is 1. The van der Waals surface area contributed by atoms with Crippen LogP contribution in [0.3, 0.4) is 0 Å². The third-order valence-electron chi connectivity index (χ3n) is 6.98. The molecule has 1 aromatic heterocycles. The number of carbonyl (C=O) groups excluding carboxylic acids is 2. The van der Waals surface area contributed by atoms with Gasteiger partial charge in [-0.3, -0.25) is 9.59 Å². The summed E-state index contributed by atoms with van der Waals surface area (Å²) in [5, 5.41) is 11.7. The van der Waals surface area contributed by atoms with E-state index < -0.39 is 5.82 Å². The summed E-state index contributed by atoms with van der Waals surface area (Å²) in [6.07, 6.45) is 0.544. The Morgan fingerprint density at radius 2 is 1.97 bits per heavy atom. The van der Waals surface area contributed by atoms with Crippen molar-refractivity contribution in [1.82, 2.24) is 30.1 Å². The normalized spacial score (nSPS) is 19.9. The predicted octanol–water partition coefficient (Wildman–Crippen LogP) is 1.50. The van der Waals surface area contributed by atoms with Gasteiger partial charge in [0, 0.05) is 45.9 Å². The van der Waals surface area contributed by atoms with Crippen molar-refractivity contribution in [2.45, 2.75) is 32.9 Å². The van der Waals surface area contributed by atoms with Crippen LogP contribution >= 0.6 is 0 Å². The molecule has 0 spiro atoms. The summed E-state index contributed by atoms with van der Waals surface area (Å²) < 4.78 is 32.2. The minimum Gasteiger partial charge on any atom is -0.382 e. The van der Waals surface area contributed by atoms with Gasteiger partial charge in [-0.2, -0.15) is 0 Å². The van der Waals surface area contributed by atoms with E-state index in [-0.39, 0.29) is 47.7 Å². The highest BCUT2D eigenvalue weighted by Gasteiger charge is 2.37. The predicted molar refractivity (Wildman–Crippen MR) is 141 cm³/mol. The Hall–Kier alpha value is -2.93. The number of nitrogens with zero attached hydrogens (tertiary/aromatic N) is 5. The third-order valence-corrected chi connectivity index (χ3v) is 6.98. The van der Waals surface area contributed by atoms with Gasteiger partial charge in [0.1, 0.15) is 17.2 Å². The minimum atomic E-state index is -0.487. The van der Waals surface area contributed by atoms with E-state index in [1.54, 1.807) is 30.2 Å². The van der Waals surface area contributed by atoms with Crippen molar-refractivity contribution in [1.29, 1.82) is 0 Å². The summed E-state index contributed by atoms with van der Waals surface area (Å²) in [5.74, 6) is -0.782. The van der Waals surface area contributed by atoms with Crippen LogP contribution in [0.1, 0.15) is 36.5 Å². The van der Waals surface area contributed by atoms with E-state index in [2.05, 4.69) is 15.6 Å². The van der Waals surface area contributed by atoms with Crippen LogP contribution in [-0.4, -0.2) is 109 Å². The molecular weight excluding hydrogens is 507 g/mol. The molecule has 0 saturated carbocycles. The van der Waals surface area contributed by atoms with Crippen molar-refractivity contribution in [2.75, 3.05) is 66.3 Å². The van der Waals surface area contributed by atoms with E-state index in [4.69, 9.17) is 14.2 Å². The van der Waals surface area contributed by atoms with Gasteiger partial charge >= 0.3 is 0 Å². The highest BCUT2D eigenvalue weighted by atomic mass is 19.1. The van der Waals surface area contributed by atoms with E-state index >= 15 is 0 Å². The first-order chi connectivity index (χ1) is 18.9. The van der Waals surface area contributed by atoms with Crippen molar-refractivity contribution in [2.24, 2.45) is 11.8 Å². The average Bonchev–Trinajstić information content (AvgIpc) is 3.37. The summed E-state index contributed by atoms with van der Waals surface area (Å²) in [7, 11) is 1.57. The molecule has 214 valence electrons. The number of para-hydroxylation sites is 1. The summed E-state index contributed by atoms with van der Waals surface area (Å²) in [5.41, 5.74) is 0.651. The molecule has 12 heteroatoms. The van der Waals surface area contributed by atoms with E-state index in [1.807, 2.05) is 18.7 Å². The van der Waals surface area contributed by atoms with Crippen molar-refractivity contribution >= 4 is 11.8 Å². The Morgan fingerprint density at radius 3 is 2.69 bits per heavy atom. The molecule has 2 amide bonds. The molecule has 2 aliphatic rings.